The molecule has 4 heterocycles. The van der Waals surface area contributed by atoms with Gasteiger partial charge in [-0.05, 0) is 61.3 Å². The van der Waals surface area contributed by atoms with Crippen LogP contribution in [0, 0.1) is 5.82 Å². The van der Waals surface area contributed by atoms with E-state index in [1.807, 2.05) is 10.6 Å². The van der Waals surface area contributed by atoms with Crippen LogP contribution in [0.15, 0.2) is 47.4 Å². The number of aromatic nitrogens is 3. The lowest BCUT2D eigenvalue weighted by molar-refractivity contribution is 0.0720. The van der Waals surface area contributed by atoms with Crippen LogP contribution >= 0.6 is 0 Å². The molecule has 0 atom stereocenters. The van der Waals surface area contributed by atoms with Crippen molar-refractivity contribution in [2.24, 2.45) is 7.05 Å². The molecule has 1 saturated heterocycles. The number of piperidine rings is 1. The van der Waals surface area contributed by atoms with Crippen molar-refractivity contribution in [2.45, 2.75) is 38.8 Å². The molecule has 2 aromatic heterocycles. The Hall–Kier alpha value is -3.26. The van der Waals surface area contributed by atoms with Crippen molar-refractivity contribution >= 4 is 5.91 Å². The van der Waals surface area contributed by atoms with Gasteiger partial charge in [0.05, 0.1) is 0 Å². The average molecular weight is 464 g/mol. The maximum Gasteiger partial charge on any atom is 0.272 e. The second-order valence-corrected chi connectivity index (χ2v) is 9.22. The molecule has 2 aliphatic rings. The molecule has 0 aliphatic carbocycles. The number of hydrogen-bond acceptors (Lipinski definition) is 4. The molecular weight excluding hydrogens is 433 g/mol. The van der Waals surface area contributed by atoms with Crippen LogP contribution < -0.4 is 5.56 Å². The Morgan fingerprint density at radius 1 is 1.06 bits per heavy atom. The lowest BCUT2D eigenvalue weighted by Gasteiger charge is -2.32. The topological polar surface area (TPSA) is 63.4 Å². The van der Waals surface area contributed by atoms with Gasteiger partial charge in [0.1, 0.15) is 11.5 Å². The third kappa shape index (κ3) is 4.42. The number of likely N-dealkylation sites (tertiary alicyclic amines) is 1. The van der Waals surface area contributed by atoms with Crippen molar-refractivity contribution in [3.63, 3.8) is 0 Å². The second-order valence-electron chi connectivity index (χ2n) is 9.22. The summed E-state index contributed by atoms with van der Waals surface area (Å²) in [4.78, 5) is 30.9. The summed E-state index contributed by atoms with van der Waals surface area (Å²) < 4.78 is 17.5. The molecule has 0 radical (unpaired) electrons. The molecular formula is C26H30FN5O2. The number of rotatable bonds is 5. The summed E-state index contributed by atoms with van der Waals surface area (Å²) in [6.45, 7) is 4.49. The number of carbonyl (C=O) groups is 1. The Kier molecular flexibility index (Phi) is 6.32. The summed E-state index contributed by atoms with van der Waals surface area (Å²) in [5.74, 6) is -0.452. The Morgan fingerprint density at radius 2 is 1.88 bits per heavy atom. The number of amides is 1. The van der Waals surface area contributed by atoms with E-state index in [0.29, 0.717) is 42.9 Å². The van der Waals surface area contributed by atoms with Crippen LogP contribution in [0.3, 0.4) is 0 Å². The van der Waals surface area contributed by atoms with Gasteiger partial charge in [-0.15, -0.1) is 0 Å². The summed E-state index contributed by atoms with van der Waals surface area (Å²) in [6, 6.07) is 9.75. The quantitative estimate of drug-likeness (QED) is 0.584. The van der Waals surface area contributed by atoms with E-state index in [1.165, 1.54) is 31.4 Å². The van der Waals surface area contributed by atoms with E-state index in [2.05, 4.69) is 10.00 Å². The molecule has 1 amide bonds. The molecule has 2 aliphatic heterocycles. The first-order valence-corrected chi connectivity index (χ1v) is 12.0. The molecule has 1 aromatic carbocycles. The van der Waals surface area contributed by atoms with Gasteiger partial charge in [-0.25, -0.2) is 4.39 Å². The highest BCUT2D eigenvalue weighted by Gasteiger charge is 2.27. The first kappa shape index (κ1) is 22.5. The van der Waals surface area contributed by atoms with Gasteiger partial charge in [0, 0.05) is 57.1 Å². The fourth-order valence-corrected chi connectivity index (χ4v) is 5.16. The molecule has 34 heavy (non-hydrogen) atoms. The molecule has 0 saturated carbocycles. The van der Waals surface area contributed by atoms with Gasteiger partial charge in [0.15, 0.2) is 0 Å². The first-order chi connectivity index (χ1) is 16.5. The van der Waals surface area contributed by atoms with Gasteiger partial charge in [-0.3, -0.25) is 14.3 Å². The number of hydrogen-bond donors (Lipinski definition) is 0. The zero-order chi connectivity index (χ0) is 23.7. The van der Waals surface area contributed by atoms with Gasteiger partial charge >= 0.3 is 0 Å². The van der Waals surface area contributed by atoms with Crippen molar-refractivity contribution in [3.05, 3.63) is 75.7 Å². The van der Waals surface area contributed by atoms with Crippen LogP contribution in [-0.4, -0.2) is 56.2 Å². The summed E-state index contributed by atoms with van der Waals surface area (Å²) in [5, 5.41) is 4.12. The molecule has 5 rings (SSSR count). The SMILES string of the molecule is Cn1nccc1C(=O)N1CCc2c(cc(-c3cccc(F)c3)c(=O)n2CCN2CCCCC2)C1. The molecule has 0 spiro atoms. The van der Waals surface area contributed by atoms with Gasteiger partial charge in [0.25, 0.3) is 11.5 Å². The zero-order valence-electron chi connectivity index (χ0n) is 19.5. The molecule has 178 valence electrons. The van der Waals surface area contributed by atoms with E-state index in [9.17, 15) is 14.0 Å². The molecule has 0 N–H and O–H groups in total. The third-order valence-corrected chi connectivity index (χ3v) is 7.02. The minimum Gasteiger partial charge on any atom is -0.333 e. The van der Waals surface area contributed by atoms with E-state index in [-0.39, 0.29) is 17.3 Å². The summed E-state index contributed by atoms with van der Waals surface area (Å²) in [5.41, 5.74) is 3.41. The van der Waals surface area contributed by atoms with Gasteiger partial charge < -0.3 is 14.4 Å². The number of carbonyl (C=O) groups excluding carboxylic acids is 1. The highest BCUT2D eigenvalue weighted by atomic mass is 19.1. The highest BCUT2D eigenvalue weighted by molar-refractivity contribution is 5.92. The van der Waals surface area contributed by atoms with Crippen molar-refractivity contribution in [1.29, 1.82) is 0 Å². The molecule has 8 heteroatoms. The summed E-state index contributed by atoms with van der Waals surface area (Å²) >= 11 is 0. The Morgan fingerprint density at radius 3 is 2.62 bits per heavy atom. The molecule has 7 nitrogen and oxygen atoms in total. The average Bonchev–Trinajstić information content (AvgIpc) is 3.28. The van der Waals surface area contributed by atoms with E-state index < -0.39 is 0 Å². The lowest BCUT2D eigenvalue weighted by Crippen LogP contribution is -2.41. The number of nitrogens with zero attached hydrogens (tertiary/aromatic N) is 5. The Bertz CT molecular complexity index is 1260. The van der Waals surface area contributed by atoms with E-state index in [0.717, 1.165) is 30.9 Å². The summed E-state index contributed by atoms with van der Waals surface area (Å²) in [6.07, 6.45) is 5.88. The molecule has 3 aromatic rings. The van der Waals surface area contributed by atoms with Crippen LogP contribution in [0.5, 0.6) is 0 Å². The van der Waals surface area contributed by atoms with E-state index in [4.69, 9.17) is 0 Å². The Labute approximate surface area is 198 Å². The van der Waals surface area contributed by atoms with Crippen molar-refractivity contribution in [3.8, 4) is 11.1 Å². The largest absolute Gasteiger partial charge is 0.333 e. The van der Waals surface area contributed by atoms with Crippen LogP contribution in [0.1, 0.15) is 41.0 Å². The van der Waals surface area contributed by atoms with Crippen molar-refractivity contribution < 1.29 is 9.18 Å². The maximum atomic E-state index is 14.0. The number of aryl methyl sites for hydroxylation is 1. The summed E-state index contributed by atoms with van der Waals surface area (Å²) in [7, 11) is 1.76. The first-order valence-electron chi connectivity index (χ1n) is 12.0. The van der Waals surface area contributed by atoms with Crippen molar-refractivity contribution in [2.75, 3.05) is 26.2 Å². The minimum atomic E-state index is -0.373. The predicted molar refractivity (Wildman–Crippen MR) is 128 cm³/mol. The number of benzene rings is 1. The van der Waals surface area contributed by atoms with Gasteiger partial charge in [-0.2, -0.15) is 5.10 Å². The molecule has 0 unspecified atom stereocenters. The minimum absolute atomic E-state index is 0.0796. The van der Waals surface area contributed by atoms with Crippen molar-refractivity contribution in [1.82, 2.24) is 24.1 Å². The van der Waals surface area contributed by atoms with E-state index in [1.54, 1.807) is 41.0 Å². The second kappa shape index (κ2) is 9.54. The Balaban J connectivity index is 1.51. The highest BCUT2D eigenvalue weighted by Crippen LogP contribution is 2.25. The van der Waals surface area contributed by atoms with Crippen LogP contribution in [0.2, 0.25) is 0 Å². The standard InChI is InChI=1S/C26H30FN5O2/c1-29-24(8-10-28-29)26(34)31-13-9-23-20(18-31)17-22(19-6-5-7-21(27)16-19)25(33)32(23)15-14-30-11-3-2-4-12-30/h5-8,10,16-17H,2-4,9,11-15,18H2,1H3. The zero-order valence-corrected chi connectivity index (χ0v) is 19.5. The molecule has 1 fully saturated rings. The van der Waals surface area contributed by atoms with Gasteiger partial charge in [-0.1, -0.05) is 18.6 Å². The number of pyridine rings is 1. The number of fused-ring (bicyclic) bond motifs is 1. The normalized spacial score (nSPS) is 16.5. The third-order valence-electron chi connectivity index (χ3n) is 7.02. The van der Waals surface area contributed by atoms with Crippen LogP contribution in [0.4, 0.5) is 4.39 Å². The fourth-order valence-electron chi connectivity index (χ4n) is 5.16. The van der Waals surface area contributed by atoms with Gasteiger partial charge in [0.2, 0.25) is 0 Å². The van der Waals surface area contributed by atoms with Crippen LogP contribution in [0.25, 0.3) is 11.1 Å². The molecule has 0 bridgehead atoms. The number of halogens is 1. The maximum absolute atomic E-state index is 14.0. The van der Waals surface area contributed by atoms with Crippen LogP contribution in [-0.2, 0) is 26.6 Å². The lowest BCUT2D eigenvalue weighted by atomic mass is 9.98. The predicted octanol–water partition coefficient (Wildman–Crippen LogP) is 3.07. The fraction of sp³-hybridized carbons (Fsp3) is 0.423. The monoisotopic (exact) mass is 463 g/mol. The smallest absolute Gasteiger partial charge is 0.272 e. The van der Waals surface area contributed by atoms with E-state index >= 15 is 0 Å².